The lowest BCUT2D eigenvalue weighted by Crippen LogP contribution is -2.28. The summed E-state index contributed by atoms with van der Waals surface area (Å²) in [5, 5.41) is 19.5. The van der Waals surface area contributed by atoms with Crippen LogP contribution in [-0.4, -0.2) is 22.3 Å². The fraction of sp³-hybridized carbons (Fsp3) is 0.417. The molecule has 0 spiro atoms. The number of hydrogen-bond donors (Lipinski definition) is 2. The van der Waals surface area contributed by atoms with Crippen LogP contribution in [0.1, 0.15) is 41.3 Å². The van der Waals surface area contributed by atoms with Crippen molar-refractivity contribution in [1.29, 1.82) is 0 Å². The molecule has 0 unspecified atom stereocenters. The summed E-state index contributed by atoms with van der Waals surface area (Å²) in [6.45, 7) is 5.24. The Morgan fingerprint density at radius 2 is 1.94 bits per heavy atom. The molecule has 0 aliphatic carbocycles. The van der Waals surface area contributed by atoms with E-state index in [2.05, 4.69) is 0 Å². The van der Waals surface area contributed by atoms with Crippen molar-refractivity contribution in [2.45, 2.75) is 32.8 Å². The Bertz CT molecular complexity index is 465. The standard InChI is InChI=1S/C12H14O4/c1-5-7(3)16-12(15)10-8(5)4-9(13)6(2)11(10)14/h4-5,7,13-14H,1-3H3/t5-,7+/m0/s1. The molecule has 4 heteroatoms. The van der Waals surface area contributed by atoms with Crippen molar-refractivity contribution in [1.82, 2.24) is 0 Å². The van der Waals surface area contributed by atoms with E-state index in [9.17, 15) is 15.0 Å². The van der Waals surface area contributed by atoms with Crippen molar-refractivity contribution in [3.05, 3.63) is 22.8 Å². The molecule has 1 aliphatic rings. The molecule has 2 N–H and O–H groups in total. The first kappa shape index (κ1) is 10.8. The zero-order chi connectivity index (χ0) is 12.0. The van der Waals surface area contributed by atoms with Gasteiger partial charge in [-0.2, -0.15) is 0 Å². The molecule has 2 atom stereocenters. The fourth-order valence-electron chi connectivity index (χ4n) is 1.93. The Morgan fingerprint density at radius 1 is 1.31 bits per heavy atom. The first-order valence-corrected chi connectivity index (χ1v) is 5.20. The quantitative estimate of drug-likeness (QED) is 0.659. The maximum Gasteiger partial charge on any atom is 0.342 e. The van der Waals surface area contributed by atoms with Crippen LogP contribution in [0.3, 0.4) is 0 Å². The predicted molar refractivity (Wildman–Crippen MR) is 57.8 cm³/mol. The minimum atomic E-state index is -0.527. The number of aromatic hydroxyl groups is 2. The first-order valence-electron chi connectivity index (χ1n) is 5.20. The van der Waals surface area contributed by atoms with E-state index >= 15 is 0 Å². The van der Waals surface area contributed by atoms with Crippen LogP contribution in [0, 0.1) is 6.92 Å². The highest BCUT2D eigenvalue weighted by Crippen LogP contribution is 2.40. The lowest BCUT2D eigenvalue weighted by Gasteiger charge is -2.29. The molecule has 2 rings (SSSR count). The number of phenols is 2. The van der Waals surface area contributed by atoms with Crippen molar-refractivity contribution >= 4 is 5.97 Å². The molecule has 0 bridgehead atoms. The molecule has 86 valence electrons. The second-order valence-corrected chi connectivity index (χ2v) is 4.23. The molecule has 0 radical (unpaired) electrons. The van der Waals surface area contributed by atoms with Crippen LogP contribution in [0.4, 0.5) is 0 Å². The van der Waals surface area contributed by atoms with Crippen molar-refractivity contribution in [2.75, 3.05) is 0 Å². The van der Waals surface area contributed by atoms with Gasteiger partial charge in [-0.25, -0.2) is 4.79 Å². The number of fused-ring (bicyclic) bond motifs is 1. The first-order chi connectivity index (χ1) is 7.43. The Morgan fingerprint density at radius 3 is 2.56 bits per heavy atom. The van der Waals surface area contributed by atoms with E-state index in [0.717, 1.165) is 0 Å². The number of cyclic esters (lactones) is 1. The summed E-state index contributed by atoms with van der Waals surface area (Å²) in [6.07, 6.45) is -0.249. The van der Waals surface area contributed by atoms with E-state index in [1.807, 2.05) is 6.92 Å². The molecule has 1 aliphatic heterocycles. The number of phenolic OH excluding ortho intramolecular Hbond substituents is 2. The third-order valence-electron chi connectivity index (χ3n) is 3.25. The Labute approximate surface area is 93.5 Å². The Kier molecular flexibility index (Phi) is 2.30. The van der Waals surface area contributed by atoms with Crippen molar-refractivity contribution in [2.24, 2.45) is 0 Å². The molecule has 16 heavy (non-hydrogen) atoms. The number of rotatable bonds is 0. The van der Waals surface area contributed by atoms with E-state index in [4.69, 9.17) is 4.74 Å². The second kappa shape index (κ2) is 3.40. The minimum Gasteiger partial charge on any atom is -0.508 e. The van der Waals surface area contributed by atoms with Gasteiger partial charge in [-0.3, -0.25) is 0 Å². The molecule has 4 nitrogen and oxygen atoms in total. The summed E-state index contributed by atoms with van der Waals surface area (Å²) >= 11 is 0. The van der Waals surface area contributed by atoms with E-state index in [1.165, 1.54) is 6.07 Å². The van der Waals surface area contributed by atoms with Gasteiger partial charge in [0.1, 0.15) is 23.2 Å². The van der Waals surface area contributed by atoms with E-state index in [1.54, 1.807) is 13.8 Å². The van der Waals surface area contributed by atoms with Crippen LogP contribution in [0.15, 0.2) is 6.07 Å². The summed E-state index contributed by atoms with van der Waals surface area (Å²) in [5.41, 5.74) is 1.13. The molecule has 1 aromatic rings. The maximum atomic E-state index is 11.7. The van der Waals surface area contributed by atoms with Gasteiger partial charge >= 0.3 is 5.97 Å². The van der Waals surface area contributed by atoms with Crippen LogP contribution in [0.5, 0.6) is 11.5 Å². The molecule has 0 saturated heterocycles. The summed E-state index contributed by atoms with van der Waals surface area (Å²) in [7, 11) is 0. The highest BCUT2D eigenvalue weighted by molar-refractivity contribution is 5.96. The second-order valence-electron chi connectivity index (χ2n) is 4.23. The average Bonchev–Trinajstić information content (AvgIpc) is 2.22. The fourth-order valence-corrected chi connectivity index (χ4v) is 1.93. The lowest BCUT2D eigenvalue weighted by molar-refractivity contribution is 0.0236. The van der Waals surface area contributed by atoms with Crippen molar-refractivity contribution in [3.8, 4) is 11.5 Å². The van der Waals surface area contributed by atoms with Gasteiger partial charge in [-0.15, -0.1) is 0 Å². The van der Waals surface area contributed by atoms with Gasteiger partial charge in [0.25, 0.3) is 0 Å². The van der Waals surface area contributed by atoms with E-state index in [-0.39, 0.29) is 29.1 Å². The maximum absolute atomic E-state index is 11.7. The van der Waals surface area contributed by atoms with Crippen LogP contribution < -0.4 is 0 Å². The lowest BCUT2D eigenvalue weighted by atomic mass is 9.87. The summed E-state index contributed by atoms with van der Waals surface area (Å²) in [4.78, 5) is 11.7. The van der Waals surface area contributed by atoms with Gasteiger partial charge in [-0.05, 0) is 25.5 Å². The smallest absolute Gasteiger partial charge is 0.342 e. The van der Waals surface area contributed by atoms with Crippen LogP contribution in [-0.2, 0) is 4.74 Å². The normalized spacial score (nSPS) is 23.8. The minimum absolute atomic E-state index is 0.00463. The molecule has 0 saturated carbocycles. The number of carbonyl (C=O) groups excluding carboxylic acids is 1. The Balaban J connectivity index is 2.72. The van der Waals surface area contributed by atoms with Crippen molar-refractivity contribution < 1.29 is 19.7 Å². The third-order valence-corrected chi connectivity index (χ3v) is 3.25. The number of ether oxygens (including phenoxy) is 1. The summed E-state index contributed by atoms with van der Waals surface area (Å²) in [5.74, 6) is -0.741. The molecule has 1 heterocycles. The van der Waals surface area contributed by atoms with Crippen LogP contribution >= 0.6 is 0 Å². The summed E-state index contributed by atoms with van der Waals surface area (Å²) in [6, 6.07) is 1.53. The largest absolute Gasteiger partial charge is 0.508 e. The molecule has 0 aromatic heterocycles. The van der Waals surface area contributed by atoms with Gasteiger partial charge in [0.2, 0.25) is 0 Å². The van der Waals surface area contributed by atoms with Crippen LogP contribution in [0.2, 0.25) is 0 Å². The molecule has 0 amide bonds. The highest BCUT2D eigenvalue weighted by Gasteiger charge is 2.33. The van der Waals surface area contributed by atoms with E-state index < -0.39 is 5.97 Å². The number of carbonyl (C=O) groups is 1. The number of hydrogen-bond acceptors (Lipinski definition) is 4. The Hall–Kier alpha value is -1.71. The predicted octanol–water partition coefficient (Wildman–Crippen LogP) is 2.07. The molecular weight excluding hydrogens is 208 g/mol. The topological polar surface area (TPSA) is 66.8 Å². The summed E-state index contributed by atoms with van der Waals surface area (Å²) < 4.78 is 5.12. The monoisotopic (exact) mass is 222 g/mol. The average molecular weight is 222 g/mol. The molecule has 1 aromatic carbocycles. The third kappa shape index (κ3) is 1.33. The zero-order valence-electron chi connectivity index (χ0n) is 9.44. The molecule has 0 fully saturated rings. The van der Waals surface area contributed by atoms with Gasteiger partial charge in [0.15, 0.2) is 0 Å². The highest BCUT2D eigenvalue weighted by atomic mass is 16.5. The van der Waals surface area contributed by atoms with Crippen LogP contribution in [0.25, 0.3) is 0 Å². The SMILES string of the molecule is Cc1c(O)cc2c(c1O)C(=O)O[C@H](C)[C@@H]2C. The van der Waals surface area contributed by atoms with Gasteiger partial charge in [-0.1, -0.05) is 6.92 Å². The van der Waals surface area contributed by atoms with E-state index in [0.29, 0.717) is 11.1 Å². The van der Waals surface area contributed by atoms with Gasteiger partial charge in [0, 0.05) is 11.5 Å². The van der Waals surface area contributed by atoms with Gasteiger partial charge < -0.3 is 14.9 Å². The van der Waals surface area contributed by atoms with Crippen molar-refractivity contribution in [3.63, 3.8) is 0 Å². The molecular formula is C12H14O4. The number of esters is 1. The van der Waals surface area contributed by atoms with Gasteiger partial charge in [0.05, 0.1) is 0 Å². The zero-order valence-corrected chi connectivity index (χ0v) is 9.44. The number of benzene rings is 1.